The summed E-state index contributed by atoms with van der Waals surface area (Å²) in [7, 11) is 0. The fourth-order valence-corrected chi connectivity index (χ4v) is 9.60. The van der Waals surface area contributed by atoms with Crippen molar-refractivity contribution >= 4 is 0 Å². The lowest BCUT2D eigenvalue weighted by molar-refractivity contribution is -0.141. The van der Waals surface area contributed by atoms with E-state index in [1.54, 1.807) is 16.2 Å². The van der Waals surface area contributed by atoms with Gasteiger partial charge < -0.3 is 45.4 Å². The minimum Gasteiger partial charge on any atom is -0.508 e. The fourth-order valence-electron chi connectivity index (χ4n) is 9.60. The zero-order valence-corrected chi connectivity index (χ0v) is 29.8. The van der Waals surface area contributed by atoms with E-state index < -0.39 is 35.7 Å². The van der Waals surface area contributed by atoms with Gasteiger partial charge in [-0.15, -0.1) is 0 Å². The lowest BCUT2D eigenvalue weighted by atomic mass is 9.55. The number of aryl methyl sites for hydroxylation is 1. The number of rotatable bonds is 7. The number of likely N-dealkylation sites (tertiary alicyclic amines) is 1. The number of hydrogen-bond donors (Lipinski definition) is 6. The number of fused-ring (bicyclic) bond motifs is 5. The van der Waals surface area contributed by atoms with E-state index in [9.17, 15) is 33.3 Å². The van der Waals surface area contributed by atoms with Gasteiger partial charge in [0, 0.05) is 37.9 Å². The van der Waals surface area contributed by atoms with Gasteiger partial charge in [-0.25, -0.2) is 5.84 Å². The number of aromatic hydroxyl groups is 1. The number of phenols is 1. The summed E-state index contributed by atoms with van der Waals surface area (Å²) in [5.74, 6) is 8.84. The standard InChI is InChI=1S/C32H50N4O5.C6H4F3NO/c1-32-12-8-24-23-5-3-22(37)18-20(23)2-4-25(24)26(32)6-7-29(32)40-17-15-35-13-9-21(10-14-35)36(34)19-27(33)31-30(39)28(38)11-16-41-31;7-6(8,9)4-2-1-3-5(11)10-4/h3,5,18-19,21,24-26,28-31,37-39H,2,4,6-17,33-34H2,1H3;1-3H,(H,10,11)/b27-19-;. The third kappa shape index (κ3) is 8.47. The van der Waals surface area contributed by atoms with Crippen LogP contribution in [0.25, 0.3) is 0 Å². The topological polar surface area (TPSA) is 171 Å². The number of aromatic amines is 1. The summed E-state index contributed by atoms with van der Waals surface area (Å²) in [6.45, 7) is 6.49. The molecule has 8 atom stereocenters. The van der Waals surface area contributed by atoms with Gasteiger partial charge in [0.2, 0.25) is 5.56 Å². The summed E-state index contributed by atoms with van der Waals surface area (Å²) >= 11 is 0. The van der Waals surface area contributed by atoms with Crippen molar-refractivity contribution < 1.29 is 38.0 Å². The van der Waals surface area contributed by atoms with Crippen LogP contribution in [0.15, 0.2) is 53.1 Å². The Labute approximate surface area is 302 Å². The van der Waals surface area contributed by atoms with E-state index in [0.29, 0.717) is 36.5 Å². The molecule has 0 spiro atoms. The largest absolute Gasteiger partial charge is 0.508 e. The molecule has 1 aromatic carbocycles. The first-order valence-electron chi connectivity index (χ1n) is 18.6. The Balaban J connectivity index is 0.000000362. The normalized spacial score (nSPS) is 32.6. The van der Waals surface area contributed by atoms with Crippen molar-refractivity contribution in [2.75, 3.05) is 32.8 Å². The number of nitrogens with two attached hydrogens (primary N) is 2. The number of hydrazine groups is 1. The van der Waals surface area contributed by atoms with E-state index in [1.165, 1.54) is 43.2 Å². The molecule has 2 saturated carbocycles. The highest BCUT2D eigenvalue weighted by Crippen LogP contribution is 2.61. The first-order valence-corrected chi connectivity index (χ1v) is 18.6. The molecule has 5 aliphatic rings. The van der Waals surface area contributed by atoms with Crippen molar-refractivity contribution in [2.45, 2.75) is 107 Å². The van der Waals surface area contributed by atoms with Crippen LogP contribution >= 0.6 is 0 Å². The fraction of sp³-hybridized carbons (Fsp3) is 0.658. The van der Waals surface area contributed by atoms with Crippen molar-refractivity contribution in [3.8, 4) is 5.75 Å². The Bertz CT molecular complexity index is 1600. The zero-order valence-electron chi connectivity index (χ0n) is 29.8. The monoisotopic (exact) mass is 733 g/mol. The molecule has 4 fully saturated rings. The number of ether oxygens (including phenoxy) is 2. The zero-order chi connectivity index (χ0) is 37.2. The number of pyridine rings is 1. The molecule has 8 N–H and O–H groups in total. The lowest BCUT2D eigenvalue weighted by Crippen LogP contribution is -2.49. The number of aromatic nitrogens is 1. The smallest absolute Gasteiger partial charge is 0.431 e. The van der Waals surface area contributed by atoms with Crippen molar-refractivity contribution in [3.05, 3.63) is 75.5 Å². The van der Waals surface area contributed by atoms with Crippen LogP contribution in [-0.4, -0.2) is 93.5 Å². The maximum absolute atomic E-state index is 11.8. The van der Waals surface area contributed by atoms with Crippen LogP contribution in [-0.2, 0) is 22.1 Å². The summed E-state index contributed by atoms with van der Waals surface area (Å²) in [6.07, 6.45) is 4.43. The molecule has 3 heterocycles. The van der Waals surface area contributed by atoms with Crippen molar-refractivity contribution in [3.63, 3.8) is 0 Å². The minimum absolute atomic E-state index is 0.172. The average Bonchev–Trinajstić information content (AvgIpc) is 3.45. The van der Waals surface area contributed by atoms with Gasteiger partial charge in [-0.3, -0.25) is 4.79 Å². The Hall–Kier alpha value is -3.14. The van der Waals surface area contributed by atoms with Gasteiger partial charge in [-0.2, -0.15) is 13.2 Å². The molecule has 14 heteroatoms. The SMILES string of the molecule is CC12CCC3c4ccc(O)cc4CCC3C1CCC2OCCN1CCC(N(N)/C=C(\N)C2OCCC(O)C2O)CC1.O=c1cccc(C(F)(F)F)[nH]1. The maximum atomic E-state index is 11.8. The van der Waals surface area contributed by atoms with Crippen LogP contribution in [0.3, 0.4) is 0 Å². The van der Waals surface area contributed by atoms with Crippen molar-refractivity contribution in [1.29, 1.82) is 0 Å². The molecule has 7 rings (SSSR count). The van der Waals surface area contributed by atoms with Gasteiger partial charge in [0.25, 0.3) is 0 Å². The number of H-pyrrole nitrogens is 1. The molecule has 8 unspecified atom stereocenters. The molecule has 2 aromatic rings. The van der Waals surface area contributed by atoms with Crippen LogP contribution in [0.2, 0.25) is 0 Å². The van der Waals surface area contributed by atoms with E-state index in [1.807, 2.05) is 12.1 Å². The van der Waals surface area contributed by atoms with Crippen LogP contribution in [0.1, 0.15) is 81.0 Å². The highest BCUT2D eigenvalue weighted by atomic mass is 19.4. The number of halogens is 3. The first-order chi connectivity index (χ1) is 24.7. The van der Waals surface area contributed by atoms with Gasteiger partial charge >= 0.3 is 6.18 Å². The van der Waals surface area contributed by atoms with E-state index >= 15 is 0 Å². The molecule has 11 nitrogen and oxygen atoms in total. The van der Waals surface area contributed by atoms with Gasteiger partial charge in [0.1, 0.15) is 23.7 Å². The van der Waals surface area contributed by atoms with E-state index in [2.05, 4.69) is 17.9 Å². The summed E-state index contributed by atoms with van der Waals surface area (Å²) < 4.78 is 47.6. The van der Waals surface area contributed by atoms with Gasteiger partial charge in [-0.05, 0) is 110 Å². The van der Waals surface area contributed by atoms with Gasteiger partial charge in [-0.1, -0.05) is 19.1 Å². The first kappa shape index (κ1) is 38.6. The van der Waals surface area contributed by atoms with E-state index in [4.69, 9.17) is 21.1 Å². The molecule has 0 bridgehead atoms. The highest BCUT2D eigenvalue weighted by molar-refractivity contribution is 5.40. The summed E-state index contributed by atoms with van der Waals surface area (Å²) in [4.78, 5) is 14.5. The Morgan fingerprint density at radius 3 is 2.60 bits per heavy atom. The summed E-state index contributed by atoms with van der Waals surface area (Å²) in [5, 5.41) is 31.8. The lowest BCUT2D eigenvalue weighted by Gasteiger charge is -2.50. The number of nitrogens with zero attached hydrogens (tertiary/aromatic N) is 2. The number of piperidine rings is 1. The number of nitrogens with one attached hydrogen (secondary N) is 1. The minimum atomic E-state index is -4.47. The summed E-state index contributed by atoms with van der Waals surface area (Å²) in [6, 6.07) is 9.11. The van der Waals surface area contributed by atoms with E-state index in [0.717, 1.165) is 75.5 Å². The Morgan fingerprint density at radius 1 is 1.12 bits per heavy atom. The highest BCUT2D eigenvalue weighted by Gasteiger charge is 2.55. The second-order valence-corrected chi connectivity index (χ2v) is 15.5. The molecule has 52 heavy (non-hydrogen) atoms. The number of alkyl halides is 3. The molecule has 2 saturated heterocycles. The second-order valence-electron chi connectivity index (χ2n) is 15.5. The summed E-state index contributed by atoms with van der Waals surface area (Å²) in [5.41, 5.74) is 7.88. The molecular weight excluding hydrogens is 679 g/mol. The second kappa shape index (κ2) is 16.1. The van der Waals surface area contributed by atoms with Crippen LogP contribution in [0, 0.1) is 17.3 Å². The Kier molecular flexibility index (Phi) is 11.9. The third-order valence-electron chi connectivity index (χ3n) is 12.4. The maximum Gasteiger partial charge on any atom is 0.431 e. The molecule has 3 aliphatic carbocycles. The number of aliphatic hydroxyl groups is 2. The molecule has 0 amide bonds. The average molecular weight is 734 g/mol. The number of phenolic OH excluding ortho intramolecular Hbond substituents is 1. The number of benzene rings is 1. The van der Waals surface area contributed by atoms with Crippen LogP contribution in [0.5, 0.6) is 5.75 Å². The Morgan fingerprint density at radius 2 is 1.88 bits per heavy atom. The third-order valence-corrected chi connectivity index (χ3v) is 12.4. The molecule has 2 aliphatic heterocycles. The van der Waals surface area contributed by atoms with Gasteiger partial charge in [0.05, 0.1) is 31.1 Å². The van der Waals surface area contributed by atoms with E-state index in [-0.39, 0.29) is 11.5 Å². The predicted molar refractivity (Wildman–Crippen MR) is 189 cm³/mol. The molecular formula is C38H54F3N5O6. The number of hydrogen-bond acceptors (Lipinski definition) is 10. The molecule has 0 radical (unpaired) electrons. The molecule has 288 valence electrons. The van der Waals surface area contributed by atoms with Crippen LogP contribution in [0.4, 0.5) is 13.2 Å². The van der Waals surface area contributed by atoms with Crippen molar-refractivity contribution in [1.82, 2.24) is 14.9 Å². The predicted octanol–water partition coefficient (Wildman–Crippen LogP) is 3.98. The number of aliphatic hydroxyl groups excluding tert-OH is 2. The van der Waals surface area contributed by atoms with Crippen LogP contribution < -0.4 is 17.1 Å². The quantitative estimate of drug-likeness (QED) is 0.181. The van der Waals surface area contributed by atoms with Crippen molar-refractivity contribution in [2.24, 2.45) is 28.8 Å². The van der Waals surface area contributed by atoms with Gasteiger partial charge in [0.15, 0.2) is 0 Å². The molecule has 1 aromatic heterocycles.